The first-order valence-corrected chi connectivity index (χ1v) is 6.33. The van der Waals surface area contributed by atoms with Crippen molar-refractivity contribution in [2.45, 2.75) is 19.4 Å². The number of ether oxygens (including phenoxy) is 1. The van der Waals surface area contributed by atoms with E-state index in [2.05, 4.69) is 20.7 Å². The van der Waals surface area contributed by atoms with Gasteiger partial charge in [-0.2, -0.15) is 0 Å². The molecule has 5 heteroatoms. The molecule has 0 heterocycles. The minimum absolute atomic E-state index is 0.312. The minimum Gasteiger partial charge on any atom is -0.469 e. The lowest BCUT2D eigenvalue weighted by Gasteiger charge is -2.16. The highest BCUT2D eigenvalue weighted by Crippen LogP contribution is 2.30. The molecule has 0 radical (unpaired) electrons. The molecule has 0 aromatic heterocycles. The Hall–Kier alpha value is -0.580. The number of hydrogen-bond donors (Lipinski definition) is 1. The normalized spacial score (nSPS) is 14.2. The molecule has 1 aromatic carbocycles. The van der Waals surface area contributed by atoms with Crippen molar-refractivity contribution >= 4 is 33.5 Å². The molecule has 1 aromatic rings. The lowest BCUT2D eigenvalue weighted by Crippen LogP contribution is -2.16. The van der Waals surface area contributed by atoms with Gasteiger partial charge in [-0.3, -0.25) is 4.79 Å². The molecule has 0 bridgehead atoms. The van der Waals surface area contributed by atoms with Crippen LogP contribution in [0.15, 0.2) is 22.7 Å². The summed E-state index contributed by atoms with van der Waals surface area (Å²) < 4.78 is 5.35. The van der Waals surface area contributed by atoms with Gasteiger partial charge in [0.25, 0.3) is 0 Å². The minimum atomic E-state index is -0.726. The molecule has 2 unspecified atom stereocenters. The summed E-state index contributed by atoms with van der Waals surface area (Å²) in [7, 11) is 1.34. The maximum Gasteiger partial charge on any atom is 0.308 e. The summed E-state index contributed by atoms with van der Waals surface area (Å²) in [6.07, 6.45) is -0.414. The molecule has 94 valence electrons. The van der Waals surface area contributed by atoms with Crippen molar-refractivity contribution in [2.75, 3.05) is 7.11 Å². The number of hydrogen-bond acceptors (Lipinski definition) is 3. The molecule has 0 saturated heterocycles. The number of aliphatic hydroxyl groups excluding tert-OH is 1. The van der Waals surface area contributed by atoms with Crippen molar-refractivity contribution in [3.8, 4) is 0 Å². The van der Waals surface area contributed by atoms with Crippen LogP contribution in [0.3, 0.4) is 0 Å². The first kappa shape index (κ1) is 14.5. The fraction of sp³-hybridized carbons (Fsp3) is 0.417. The molecule has 0 aliphatic heterocycles. The van der Waals surface area contributed by atoms with E-state index in [1.54, 1.807) is 25.1 Å². The number of benzene rings is 1. The highest BCUT2D eigenvalue weighted by Gasteiger charge is 2.20. The van der Waals surface area contributed by atoms with E-state index >= 15 is 0 Å². The van der Waals surface area contributed by atoms with E-state index in [-0.39, 0.29) is 11.9 Å². The second-order valence-corrected chi connectivity index (χ2v) is 5.13. The maximum absolute atomic E-state index is 11.3. The van der Waals surface area contributed by atoms with Crippen LogP contribution in [0.2, 0.25) is 5.02 Å². The molecule has 0 saturated carbocycles. The fourth-order valence-electron chi connectivity index (χ4n) is 1.53. The van der Waals surface area contributed by atoms with E-state index in [0.29, 0.717) is 17.0 Å². The zero-order valence-corrected chi connectivity index (χ0v) is 12.0. The van der Waals surface area contributed by atoms with Crippen LogP contribution < -0.4 is 0 Å². The Bertz CT molecular complexity index is 409. The third kappa shape index (κ3) is 3.98. The third-order valence-corrected chi connectivity index (χ3v) is 3.42. The van der Waals surface area contributed by atoms with Crippen molar-refractivity contribution < 1.29 is 14.6 Å². The lowest BCUT2D eigenvalue weighted by atomic mass is 9.98. The second-order valence-electron chi connectivity index (χ2n) is 3.84. The number of rotatable bonds is 4. The Morgan fingerprint density at radius 2 is 2.24 bits per heavy atom. The van der Waals surface area contributed by atoms with E-state index in [4.69, 9.17) is 11.6 Å². The van der Waals surface area contributed by atoms with Gasteiger partial charge in [0.2, 0.25) is 0 Å². The summed E-state index contributed by atoms with van der Waals surface area (Å²) in [6.45, 7) is 1.72. The van der Waals surface area contributed by atoms with Gasteiger partial charge in [-0.05, 0) is 24.1 Å². The predicted octanol–water partition coefficient (Wildman–Crippen LogP) is 3.34. The van der Waals surface area contributed by atoms with Crippen molar-refractivity contribution in [1.29, 1.82) is 0 Å². The van der Waals surface area contributed by atoms with Crippen LogP contribution in [0.25, 0.3) is 0 Å². The molecule has 0 aliphatic carbocycles. The van der Waals surface area contributed by atoms with Crippen LogP contribution in [0, 0.1) is 5.92 Å². The Morgan fingerprint density at radius 3 is 2.76 bits per heavy atom. The molecule has 3 nitrogen and oxygen atoms in total. The molecule has 0 amide bonds. The van der Waals surface area contributed by atoms with Gasteiger partial charge >= 0.3 is 5.97 Å². The van der Waals surface area contributed by atoms with E-state index in [9.17, 15) is 9.90 Å². The molecule has 1 rings (SSSR count). The van der Waals surface area contributed by atoms with Crippen LogP contribution in [0.1, 0.15) is 25.0 Å². The molecule has 17 heavy (non-hydrogen) atoms. The SMILES string of the molecule is COC(=O)C(C)CC(O)c1ccc(Cl)cc1Br. The maximum atomic E-state index is 11.3. The second kappa shape index (κ2) is 6.38. The number of carbonyl (C=O) groups is 1. The van der Waals surface area contributed by atoms with Gasteiger partial charge in [0.05, 0.1) is 19.1 Å². The number of aliphatic hydroxyl groups is 1. The average Bonchev–Trinajstić information content (AvgIpc) is 2.27. The molecular formula is C12H14BrClO3. The monoisotopic (exact) mass is 320 g/mol. The summed E-state index contributed by atoms with van der Waals surface area (Å²) in [5.41, 5.74) is 0.713. The van der Waals surface area contributed by atoms with E-state index in [1.165, 1.54) is 7.11 Å². The third-order valence-electron chi connectivity index (χ3n) is 2.50. The molecule has 2 atom stereocenters. The first-order chi connectivity index (χ1) is 7.95. The van der Waals surface area contributed by atoms with Gasteiger partial charge in [-0.25, -0.2) is 0 Å². The van der Waals surface area contributed by atoms with Crippen molar-refractivity contribution in [1.82, 2.24) is 0 Å². The fourth-order valence-corrected chi connectivity index (χ4v) is 2.48. The summed E-state index contributed by atoms with van der Waals surface area (Å²) in [5.74, 6) is -0.674. The molecular weight excluding hydrogens is 307 g/mol. The van der Waals surface area contributed by atoms with E-state index in [0.717, 1.165) is 4.47 Å². The molecule has 1 N–H and O–H groups in total. The lowest BCUT2D eigenvalue weighted by molar-refractivity contribution is -0.145. The van der Waals surface area contributed by atoms with Crippen LogP contribution in [0.4, 0.5) is 0 Å². The van der Waals surface area contributed by atoms with Gasteiger partial charge in [0.15, 0.2) is 0 Å². The smallest absolute Gasteiger partial charge is 0.308 e. The first-order valence-electron chi connectivity index (χ1n) is 5.16. The van der Waals surface area contributed by atoms with E-state index in [1.807, 2.05) is 0 Å². The highest BCUT2D eigenvalue weighted by molar-refractivity contribution is 9.10. The number of esters is 1. The van der Waals surface area contributed by atoms with Gasteiger partial charge in [0, 0.05) is 9.50 Å². The topological polar surface area (TPSA) is 46.5 Å². The average molecular weight is 322 g/mol. The summed E-state index contributed by atoms with van der Waals surface area (Å²) >= 11 is 9.15. The van der Waals surface area contributed by atoms with Crippen LogP contribution >= 0.6 is 27.5 Å². The van der Waals surface area contributed by atoms with Crippen molar-refractivity contribution in [3.63, 3.8) is 0 Å². The molecule has 0 fully saturated rings. The number of carbonyl (C=O) groups excluding carboxylic acids is 1. The standard InChI is InChI=1S/C12H14BrClO3/c1-7(12(16)17-2)5-11(15)9-4-3-8(14)6-10(9)13/h3-4,6-7,11,15H,5H2,1-2H3. The van der Waals surface area contributed by atoms with Gasteiger partial charge < -0.3 is 9.84 Å². The Kier molecular flexibility index (Phi) is 5.43. The van der Waals surface area contributed by atoms with Crippen LogP contribution in [0.5, 0.6) is 0 Å². The van der Waals surface area contributed by atoms with Crippen molar-refractivity contribution in [2.24, 2.45) is 5.92 Å². The quantitative estimate of drug-likeness (QED) is 0.865. The predicted molar refractivity (Wildman–Crippen MR) is 69.9 cm³/mol. The van der Waals surface area contributed by atoms with Gasteiger partial charge in [-0.1, -0.05) is 40.5 Å². The Morgan fingerprint density at radius 1 is 1.59 bits per heavy atom. The van der Waals surface area contributed by atoms with Crippen LogP contribution in [-0.2, 0) is 9.53 Å². The zero-order valence-electron chi connectivity index (χ0n) is 9.61. The van der Waals surface area contributed by atoms with E-state index < -0.39 is 6.10 Å². The Labute approximate surface area is 114 Å². The van der Waals surface area contributed by atoms with Crippen LogP contribution in [-0.4, -0.2) is 18.2 Å². The van der Waals surface area contributed by atoms with Crippen molar-refractivity contribution in [3.05, 3.63) is 33.3 Å². The number of methoxy groups -OCH3 is 1. The summed E-state index contributed by atoms with van der Waals surface area (Å²) in [6, 6.07) is 5.15. The highest BCUT2D eigenvalue weighted by atomic mass is 79.9. The molecule has 0 spiro atoms. The largest absolute Gasteiger partial charge is 0.469 e. The summed E-state index contributed by atoms with van der Waals surface area (Å²) in [4.78, 5) is 11.3. The zero-order chi connectivity index (χ0) is 13.0. The Balaban J connectivity index is 2.76. The summed E-state index contributed by atoms with van der Waals surface area (Å²) in [5, 5.41) is 10.6. The number of halogens is 2. The van der Waals surface area contributed by atoms with Gasteiger partial charge in [-0.15, -0.1) is 0 Å². The van der Waals surface area contributed by atoms with Gasteiger partial charge in [0.1, 0.15) is 0 Å². The molecule has 0 aliphatic rings.